The van der Waals surface area contributed by atoms with E-state index in [0.29, 0.717) is 25.6 Å². The predicted molar refractivity (Wildman–Crippen MR) is 92.7 cm³/mol. The second kappa shape index (κ2) is 9.96. The number of hydrogen-bond donors (Lipinski definition) is 2. The Morgan fingerprint density at radius 3 is 2.58 bits per heavy atom. The van der Waals surface area contributed by atoms with E-state index in [1.165, 1.54) is 0 Å². The summed E-state index contributed by atoms with van der Waals surface area (Å²) in [7, 11) is 3.68. The number of hydrogen-bond acceptors (Lipinski definition) is 5. The Bertz CT molecular complexity index is 405. The Morgan fingerprint density at radius 1 is 1.21 bits per heavy atom. The SMILES string of the molecule is CNC(=O)CN1CCC(CN(C)CC(=O)NCC2CCCO2)CC1. The summed E-state index contributed by atoms with van der Waals surface area (Å²) in [5.74, 6) is 0.750. The van der Waals surface area contributed by atoms with Crippen LogP contribution in [0.25, 0.3) is 0 Å². The van der Waals surface area contributed by atoms with Crippen molar-refractivity contribution in [3.05, 3.63) is 0 Å². The molecule has 7 nitrogen and oxygen atoms in total. The highest BCUT2D eigenvalue weighted by Gasteiger charge is 2.22. The van der Waals surface area contributed by atoms with Crippen LogP contribution in [0.15, 0.2) is 0 Å². The van der Waals surface area contributed by atoms with E-state index in [1.54, 1.807) is 7.05 Å². The van der Waals surface area contributed by atoms with Crippen LogP contribution >= 0.6 is 0 Å². The fourth-order valence-electron chi connectivity index (χ4n) is 3.45. The molecule has 2 aliphatic rings. The summed E-state index contributed by atoms with van der Waals surface area (Å²) < 4.78 is 5.51. The van der Waals surface area contributed by atoms with Gasteiger partial charge in [-0.2, -0.15) is 0 Å². The van der Waals surface area contributed by atoms with E-state index < -0.39 is 0 Å². The van der Waals surface area contributed by atoms with Crippen molar-refractivity contribution in [1.82, 2.24) is 20.4 Å². The van der Waals surface area contributed by atoms with Gasteiger partial charge in [-0.3, -0.25) is 19.4 Å². The molecule has 1 atom stereocenters. The molecule has 0 aromatic heterocycles. The topological polar surface area (TPSA) is 73.9 Å². The Labute approximate surface area is 145 Å². The zero-order chi connectivity index (χ0) is 17.4. The molecule has 2 aliphatic heterocycles. The van der Waals surface area contributed by atoms with Gasteiger partial charge in [-0.05, 0) is 51.7 Å². The zero-order valence-electron chi connectivity index (χ0n) is 15.1. The Balaban J connectivity index is 1.58. The summed E-state index contributed by atoms with van der Waals surface area (Å²) in [5.41, 5.74) is 0. The molecule has 1 unspecified atom stereocenters. The van der Waals surface area contributed by atoms with Gasteiger partial charge in [0, 0.05) is 26.7 Å². The van der Waals surface area contributed by atoms with Gasteiger partial charge in [0.25, 0.3) is 0 Å². The van der Waals surface area contributed by atoms with Gasteiger partial charge in [-0.25, -0.2) is 0 Å². The average molecular weight is 340 g/mol. The van der Waals surface area contributed by atoms with Gasteiger partial charge in [0.05, 0.1) is 19.2 Å². The monoisotopic (exact) mass is 340 g/mol. The van der Waals surface area contributed by atoms with E-state index in [-0.39, 0.29) is 17.9 Å². The van der Waals surface area contributed by atoms with Crippen LogP contribution in [0.4, 0.5) is 0 Å². The number of ether oxygens (including phenoxy) is 1. The summed E-state index contributed by atoms with van der Waals surface area (Å²) in [4.78, 5) is 27.7. The third kappa shape index (κ3) is 6.75. The fourth-order valence-corrected chi connectivity index (χ4v) is 3.45. The Kier molecular flexibility index (Phi) is 7.94. The molecule has 0 spiro atoms. The molecule has 7 heteroatoms. The molecule has 2 amide bonds. The van der Waals surface area contributed by atoms with Crippen LogP contribution in [0.3, 0.4) is 0 Å². The van der Waals surface area contributed by atoms with E-state index in [0.717, 1.165) is 51.9 Å². The van der Waals surface area contributed by atoms with Crippen molar-refractivity contribution < 1.29 is 14.3 Å². The van der Waals surface area contributed by atoms with Gasteiger partial charge in [-0.15, -0.1) is 0 Å². The molecule has 24 heavy (non-hydrogen) atoms. The number of amides is 2. The second-order valence-electron chi connectivity index (χ2n) is 7.03. The minimum absolute atomic E-state index is 0.0741. The number of carbonyl (C=O) groups is 2. The van der Waals surface area contributed by atoms with Crippen molar-refractivity contribution in [2.24, 2.45) is 5.92 Å². The molecule has 0 radical (unpaired) electrons. The quantitative estimate of drug-likeness (QED) is 0.633. The molecule has 2 N–H and O–H groups in total. The molecule has 0 aliphatic carbocycles. The molecule has 2 rings (SSSR count). The smallest absolute Gasteiger partial charge is 0.234 e. The number of rotatable bonds is 8. The fraction of sp³-hybridized carbons (Fsp3) is 0.882. The summed E-state index contributed by atoms with van der Waals surface area (Å²) in [6.07, 6.45) is 4.51. The Morgan fingerprint density at radius 2 is 1.96 bits per heavy atom. The van der Waals surface area contributed by atoms with E-state index in [2.05, 4.69) is 20.4 Å². The molecule has 0 saturated carbocycles. The highest BCUT2D eigenvalue weighted by Crippen LogP contribution is 2.17. The van der Waals surface area contributed by atoms with Crippen LogP contribution < -0.4 is 10.6 Å². The average Bonchev–Trinajstić information content (AvgIpc) is 3.08. The van der Waals surface area contributed by atoms with Crippen LogP contribution in [0.1, 0.15) is 25.7 Å². The molecule has 0 bridgehead atoms. The Hall–Kier alpha value is -1.18. The normalized spacial score (nSPS) is 22.7. The maximum atomic E-state index is 12.0. The van der Waals surface area contributed by atoms with E-state index in [9.17, 15) is 9.59 Å². The minimum atomic E-state index is 0.0741. The van der Waals surface area contributed by atoms with Crippen molar-refractivity contribution in [2.45, 2.75) is 31.8 Å². The first kappa shape index (κ1) is 19.1. The van der Waals surface area contributed by atoms with Crippen LogP contribution in [0, 0.1) is 5.92 Å². The number of piperidine rings is 1. The van der Waals surface area contributed by atoms with Crippen LogP contribution in [-0.4, -0.2) is 87.7 Å². The number of carbonyl (C=O) groups excluding carboxylic acids is 2. The van der Waals surface area contributed by atoms with Crippen molar-refractivity contribution in [1.29, 1.82) is 0 Å². The summed E-state index contributed by atoms with van der Waals surface area (Å²) in [5, 5.41) is 5.64. The summed E-state index contributed by atoms with van der Waals surface area (Å²) in [6.45, 7) is 5.22. The maximum Gasteiger partial charge on any atom is 0.234 e. The van der Waals surface area contributed by atoms with E-state index in [1.807, 2.05) is 7.05 Å². The lowest BCUT2D eigenvalue weighted by molar-refractivity contribution is -0.123. The predicted octanol–water partition coefficient (Wildman–Crippen LogP) is -0.329. The second-order valence-corrected chi connectivity index (χ2v) is 7.03. The molecule has 0 aromatic rings. The summed E-state index contributed by atoms with van der Waals surface area (Å²) >= 11 is 0. The van der Waals surface area contributed by atoms with Crippen molar-refractivity contribution in [2.75, 3.05) is 60.0 Å². The zero-order valence-corrected chi connectivity index (χ0v) is 15.1. The molecule has 138 valence electrons. The third-order valence-corrected chi connectivity index (χ3v) is 4.89. The maximum absolute atomic E-state index is 12.0. The number of nitrogens with one attached hydrogen (secondary N) is 2. The van der Waals surface area contributed by atoms with Crippen molar-refractivity contribution in [3.8, 4) is 0 Å². The lowest BCUT2D eigenvalue weighted by Crippen LogP contribution is -2.44. The van der Waals surface area contributed by atoms with Crippen molar-refractivity contribution >= 4 is 11.8 Å². The molecular formula is C17H32N4O3. The molecular weight excluding hydrogens is 308 g/mol. The number of nitrogens with zero attached hydrogens (tertiary/aromatic N) is 2. The first-order valence-corrected chi connectivity index (χ1v) is 9.06. The molecule has 0 aromatic carbocycles. The van der Waals surface area contributed by atoms with E-state index in [4.69, 9.17) is 4.74 Å². The summed E-state index contributed by atoms with van der Waals surface area (Å²) in [6, 6.07) is 0. The molecule has 2 fully saturated rings. The molecule has 2 heterocycles. The van der Waals surface area contributed by atoms with Gasteiger partial charge >= 0.3 is 0 Å². The van der Waals surface area contributed by atoms with Gasteiger partial charge in [0.15, 0.2) is 0 Å². The van der Waals surface area contributed by atoms with Crippen LogP contribution in [-0.2, 0) is 14.3 Å². The number of likely N-dealkylation sites (tertiary alicyclic amines) is 1. The van der Waals surface area contributed by atoms with Gasteiger partial charge in [0.2, 0.25) is 11.8 Å². The minimum Gasteiger partial charge on any atom is -0.376 e. The third-order valence-electron chi connectivity index (χ3n) is 4.89. The highest BCUT2D eigenvalue weighted by atomic mass is 16.5. The number of likely N-dealkylation sites (N-methyl/N-ethyl adjacent to an activating group) is 2. The van der Waals surface area contributed by atoms with Gasteiger partial charge in [0.1, 0.15) is 0 Å². The first-order chi connectivity index (χ1) is 11.6. The van der Waals surface area contributed by atoms with Crippen LogP contribution in [0.2, 0.25) is 0 Å². The first-order valence-electron chi connectivity index (χ1n) is 9.06. The highest BCUT2D eigenvalue weighted by molar-refractivity contribution is 5.78. The standard InChI is InChI=1S/C17H32N4O3/c1-18-16(22)13-21-7-5-14(6-8-21)11-20(2)12-17(23)19-10-15-4-3-9-24-15/h14-15H,3-13H2,1-2H3,(H,18,22)(H,19,23). The van der Waals surface area contributed by atoms with E-state index >= 15 is 0 Å². The van der Waals surface area contributed by atoms with Crippen molar-refractivity contribution in [3.63, 3.8) is 0 Å². The van der Waals surface area contributed by atoms with Gasteiger partial charge in [-0.1, -0.05) is 0 Å². The van der Waals surface area contributed by atoms with Crippen LogP contribution in [0.5, 0.6) is 0 Å². The molecule has 2 saturated heterocycles. The largest absolute Gasteiger partial charge is 0.376 e. The lowest BCUT2D eigenvalue weighted by atomic mass is 9.96. The van der Waals surface area contributed by atoms with Gasteiger partial charge < -0.3 is 15.4 Å². The lowest BCUT2D eigenvalue weighted by Gasteiger charge is -2.33.